The first-order valence-corrected chi connectivity index (χ1v) is 9.85. The molecule has 1 atom stereocenters. The van der Waals surface area contributed by atoms with Gasteiger partial charge in [-0.1, -0.05) is 0 Å². The molecular weight excluding hydrogens is 322 g/mol. The number of carbonyl (C=O) groups excluding carboxylic acids is 1. The van der Waals surface area contributed by atoms with E-state index in [1.54, 1.807) is 17.5 Å². The van der Waals surface area contributed by atoms with Crippen LogP contribution in [-0.4, -0.2) is 78.1 Å². The standard InChI is InChI=1S/C17H29N5OS/c1-14(21-10-8-20(2)9-11-21)15-3-6-22(7-4-15)17(23)19-13-16-18-5-12-24-16/h5,12,14-15H,3-4,6-11,13H2,1-2H3,(H,19,23)/t14-/m1/s1. The molecule has 2 saturated heterocycles. The van der Waals surface area contributed by atoms with E-state index in [9.17, 15) is 4.79 Å². The Hall–Kier alpha value is -1.18. The second-order valence-corrected chi connectivity index (χ2v) is 7.97. The van der Waals surface area contributed by atoms with E-state index in [1.165, 1.54) is 26.2 Å². The Bertz CT molecular complexity index is 507. The largest absolute Gasteiger partial charge is 0.331 e. The van der Waals surface area contributed by atoms with E-state index in [1.807, 2.05) is 10.3 Å². The Morgan fingerprint density at radius 2 is 2.00 bits per heavy atom. The zero-order valence-electron chi connectivity index (χ0n) is 14.8. The average molecular weight is 352 g/mol. The Morgan fingerprint density at radius 1 is 1.29 bits per heavy atom. The fourth-order valence-electron chi connectivity index (χ4n) is 3.72. The number of nitrogens with zero attached hydrogens (tertiary/aromatic N) is 4. The van der Waals surface area contributed by atoms with Gasteiger partial charge >= 0.3 is 6.03 Å². The molecule has 0 saturated carbocycles. The Balaban J connectivity index is 1.40. The molecule has 24 heavy (non-hydrogen) atoms. The van der Waals surface area contributed by atoms with E-state index in [4.69, 9.17) is 0 Å². The number of carbonyl (C=O) groups is 1. The van der Waals surface area contributed by atoms with Gasteiger partial charge in [0.2, 0.25) is 0 Å². The first kappa shape index (κ1) is 17.6. The van der Waals surface area contributed by atoms with Crippen LogP contribution in [0.2, 0.25) is 0 Å². The van der Waals surface area contributed by atoms with Crippen molar-refractivity contribution in [2.75, 3.05) is 46.3 Å². The minimum absolute atomic E-state index is 0.0518. The van der Waals surface area contributed by atoms with E-state index < -0.39 is 0 Å². The second-order valence-electron chi connectivity index (χ2n) is 6.99. The fourth-order valence-corrected chi connectivity index (χ4v) is 4.27. The number of aromatic nitrogens is 1. The number of rotatable bonds is 4. The van der Waals surface area contributed by atoms with Crippen molar-refractivity contribution in [1.29, 1.82) is 0 Å². The first-order chi connectivity index (χ1) is 11.6. The van der Waals surface area contributed by atoms with Gasteiger partial charge < -0.3 is 15.1 Å². The van der Waals surface area contributed by atoms with Crippen LogP contribution in [-0.2, 0) is 6.54 Å². The molecule has 2 amide bonds. The van der Waals surface area contributed by atoms with Gasteiger partial charge in [-0.3, -0.25) is 4.90 Å². The van der Waals surface area contributed by atoms with Crippen LogP contribution < -0.4 is 5.32 Å². The normalized spacial score (nSPS) is 22.5. The van der Waals surface area contributed by atoms with Crippen LogP contribution in [0.25, 0.3) is 0 Å². The summed E-state index contributed by atoms with van der Waals surface area (Å²) in [6.07, 6.45) is 3.99. The lowest BCUT2D eigenvalue weighted by Gasteiger charge is -2.42. The Kier molecular flexibility index (Phi) is 6.08. The third-order valence-corrected chi connectivity index (χ3v) is 6.28. The van der Waals surface area contributed by atoms with Gasteiger partial charge in [0.05, 0.1) is 6.54 Å². The van der Waals surface area contributed by atoms with Crippen molar-refractivity contribution in [2.24, 2.45) is 5.92 Å². The van der Waals surface area contributed by atoms with Crippen molar-refractivity contribution in [3.8, 4) is 0 Å². The van der Waals surface area contributed by atoms with Crippen molar-refractivity contribution in [2.45, 2.75) is 32.4 Å². The van der Waals surface area contributed by atoms with Gasteiger partial charge in [0.25, 0.3) is 0 Å². The summed E-state index contributed by atoms with van der Waals surface area (Å²) in [5.74, 6) is 0.705. The molecule has 1 N–H and O–H groups in total. The highest BCUT2D eigenvalue weighted by Gasteiger charge is 2.30. The van der Waals surface area contributed by atoms with E-state index in [0.717, 1.165) is 30.9 Å². The van der Waals surface area contributed by atoms with E-state index in [-0.39, 0.29) is 6.03 Å². The molecule has 2 fully saturated rings. The van der Waals surface area contributed by atoms with Crippen molar-refractivity contribution < 1.29 is 4.79 Å². The topological polar surface area (TPSA) is 51.7 Å². The van der Waals surface area contributed by atoms with Crippen molar-refractivity contribution in [1.82, 2.24) is 25.0 Å². The number of likely N-dealkylation sites (tertiary alicyclic amines) is 1. The molecule has 1 aromatic rings. The third-order valence-electron chi connectivity index (χ3n) is 5.50. The minimum atomic E-state index is 0.0518. The van der Waals surface area contributed by atoms with Crippen molar-refractivity contribution >= 4 is 17.4 Å². The highest BCUT2D eigenvalue weighted by molar-refractivity contribution is 7.09. The maximum absolute atomic E-state index is 12.3. The molecular formula is C17H29N5OS. The van der Waals surface area contributed by atoms with Crippen LogP contribution in [0.3, 0.4) is 0 Å². The highest BCUT2D eigenvalue weighted by atomic mass is 32.1. The summed E-state index contributed by atoms with van der Waals surface area (Å²) >= 11 is 1.58. The number of hydrogen-bond donors (Lipinski definition) is 1. The number of piperidine rings is 1. The number of nitrogens with one attached hydrogen (secondary N) is 1. The van der Waals surface area contributed by atoms with Crippen molar-refractivity contribution in [3.05, 3.63) is 16.6 Å². The first-order valence-electron chi connectivity index (χ1n) is 8.97. The molecule has 0 aromatic carbocycles. The zero-order valence-corrected chi connectivity index (χ0v) is 15.6. The second kappa shape index (κ2) is 8.27. The maximum atomic E-state index is 12.3. The maximum Gasteiger partial charge on any atom is 0.317 e. The van der Waals surface area contributed by atoms with Gasteiger partial charge in [-0.25, -0.2) is 9.78 Å². The average Bonchev–Trinajstić information content (AvgIpc) is 3.13. The van der Waals surface area contributed by atoms with Gasteiger partial charge in [0.1, 0.15) is 5.01 Å². The molecule has 0 aliphatic carbocycles. The van der Waals surface area contributed by atoms with Gasteiger partial charge in [-0.05, 0) is 32.7 Å². The van der Waals surface area contributed by atoms with Gasteiger partial charge in [0.15, 0.2) is 0 Å². The van der Waals surface area contributed by atoms with Gasteiger partial charge in [-0.2, -0.15) is 0 Å². The van der Waals surface area contributed by atoms with E-state index in [2.05, 4.69) is 34.1 Å². The molecule has 2 aliphatic heterocycles. The number of thiazole rings is 1. The summed E-state index contributed by atoms with van der Waals surface area (Å²) in [5.41, 5.74) is 0. The van der Waals surface area contributed by atoms with Crippen LogP contribution in [0, 0.1) is 5.92 Å². The summed E-state index contributed by atoms with van der Waals surface area (Å²) in [6, 6.07) is 0.676. The lowest BCUT2D eigenvalue weighted by Crippen LogP contribution is -2.52. The van der Waals surface area contributed by atoms with Crippen LogP contribution in [0.5, 0.6) is 0 Å². The predicted octanol–water partition coefficient (Wildman–Crippen LogP) is 1.70. The molecule has 0 unspecified atom stereocenters. The summed E-state index contributed by atoms with van der Waals surface area (Å²) in [7, 11) is 2.20. The summed E-state index contributed by atoms with van der Waals surface area (Å²) < 4.78 is 0. The minimum Gasteiger partial charge on any atom is -0.331 e. The molecule has 7 heteroatoms. The van der Waals surface area contributed by atoms with Gasteiger partial charge in [0, 0.05) is 56.9 Å². The van der Waals surface area contributed by atoms with Crippen LogP contribution in [0.15, 0.2) is 11.6 Å². The van der Waals surface area contributed by atoms with E-state index in [0.29, 0.717) is 18.5 Å². The summed E-state index contributed by atoms with van der Waals surface area (Å²) in [5, 5.41) is 5.88. The number of urea groups is 1. The van der Waals surface area contributed by atoms with E-state index >= 15 is 0 Å². The van der Waals surface area contributed by atoms with Gasteiger partial charge in [-0.15, -0.1) is 11.3 Å². The van der Waals surface area contributed by atoms with Crippen LogP contribution in [0.4, 0.5) is 4.79 Å². The molecule has 3 heterocycles. The van der Waals surface area contributed by atoms with Crippen molar-refractivity contribution in [3.63, 3.8) is 0 Å². The number of amides is 2. The molecule has 0 spiro atoms. The molecule has 6 nitrogen and oxygen atoms in total. The third kappa shape index (κ3) is 4.46. The fraction of sp³-hybridized carbons (Fsp3) is 0.765. The molecule has 134 valence electrons. The molecule has 1 aromatic heterocycles. The lowest BCUT2D eigenvalue weighted by molar-refractivity contribution is 0.0664. The Labute approximate surface area is 148 Å². The molecule has 0 radical (unpaired) electrons. The SMILES string of the molecule is C[C@H](C1CCN(C(=O)NCc2nccs2)CC1)N1CCN(C)CC1. The Morgan fingerprint density at radius 3 is 2.62 bits per heavy atom. The summed E-state index contributed by atoms with van der Waals surface area (Å²) in [6.45, 7) is 9.32. The lowest BCUT2D eigenvalue weighted by atomic mass is 9.89. The zero-order chi connectivity index (χ0) is 16.9. The highest BCUT2D eigenvalue weighted by Crippen LogP contribution is 2.24. The predicted molar refractivity (Wildman–Crippen MR) is 97.2 cm³/mol. The monoisotopic (exact) mass is 351 g/mol. The number of hydrogen-bond acceptors (Lipinski definition) is 5. The molecule has 2 aliphatic rings. The summed E-state index contributed by atoms with van der Waals surface area (Å²) in [4.78, 5) is 23.5. The number of piperazine rings is 1. The quantitative estimate of drug-likeness (QED) is 0.897. The molecule has 3 rings (SSSR count). The van der Waals surface area contributed by atoms with Crippen LogP contribution >= 0.6 is 11.3 Å². The smallest absolute Gasteiger partial charge is 0.317 e. The molecule has 0 bridgehead atoms. The van der Waals surface area contributed by atoms with Crippen LogP contribution in [0.1, 0.15) is 24.8 Å². The number of likely N-dealkylation sites (N-methyl/N-ethyl adjacent to an activating group) is 1.